The molecule has 0 bridgehead atoms. The molecule has 0 saturated carbocycles. The number of nitrogens with zero attached hydrogens (tertiary/aromatic N) is 1. The van der Waals surface area contributed by atoms with E-state index in [1.807, 2.05) is 24.3 Å². The van der Waals surface area contributed by atoms with Gasteiger partial charge in [0.15, 0.2) is 0 Å². The van der Waals surface area contributed by atoms with Crippen molar-refractivity contribution in [1.29, 1.82) is 5.26 Å². The summed E-state index contributed by atoms with van der Waals surface area (Å²) in [4.78, 5) is 0. The molecule has 0 aromatic heterocycles. The second-order valence-electron chi connectivity index (χ2n) is 2.86. The van der Waals surface area contributed by atoms with E-state index in [2.05, 4.69) is 6.07 Å². The second-order valence-corrected chi connectivity index (χ2v) is 2.86. The van der Waals surface area contributed by atoms with Crippen LogP contribution < -0.4 is 5.73 Å². The van der Waals surface area contributed by atoms with Crippen LogP contribution in [0, 0.1) is 11.3 Å². The first kappa shape index (κ1) is 7.63. The second kappa shape index (κ2) is 2.80. The zero-order chi connectivity index (χ0) is 9.26. The van der Waals surface area contributed by atoms with Crippen LogP contribution in [0.3, 0.4) is 0 Å². The molecule has 0 aliphatic carbocycles. The normalized spacial score (nSPS) is 9.77. The molecule has 2 nitrogen and oxygen atoms in total. The van der Waals surface area contributed by atoms with Crippen LogP contribution >= 0.6 is 0 Å². The minimum atomic E-state index is 0.671. The Morgan fingerprint density at radius 2 is 1.69 bits per heavy atom. The lowest BCUT2D eigenvalue weighted by molar-refractivity contribution is 1.50. The average Bonchev–Trinajstić information content (AvgIpc) is 2.19. The van der Waals surface area contributed by atoms with Crippen LogP contribution in [0.2, 0.25) is 0 Å². The zero-order valence-electron chi connectivity index (χ0n) is 6.99. The molecule has 2 aromatic rings. The Morgan fingerprint density at radius 3 is 2.38 bits per heavy atom. The zero-order valence-corrected chi connectivity index (χ0v) is 6.99. The van der Waals surface area contributed by atoms with Crippen molar-refractivity contribution >= 4 is 16.5 Å². The van der Waals surface area contributed by atoms with Gasteiger partial charge in [0.05, 0.1) is 11.6 Å². The van der Waals surface area contributed by atoms with Crippen LogP contribution in [0.25, 0.3) is 10.8 Å². The van der Waals surface area contributed by atoms with E-state index in [0.29, 0.717) is 5.56 Å². The van der Waals surface area contributed by atoms with Crippen LogP contribution in [0.1, 0.15) is 5.56 Å². The summed E-state index contributed by atoms with van der Waals surface area (Å²) in [5, 5.41) is 10.7. The summed E-state index contributed by atoms with van der Waals surface area (Å²) >= 11 is 0. The Bertz CT molecular complexity index is 495. The summed E-state index contributed by atoms with van der Waals surface area (Å²) in [5.41, 5.74) is 7.16. The first-order chi connectivity index (χ1) is 6.33. The molecule has 2 heteroatoms. The van der Waals surface area contributed by atoms with Gasteiger partial charge in [0.2, 0.25) is 0 Å². The largest absolute Gasteiger partial charge is 0.398 e. The predicted octanol–water partition coefficient (Wildman–Crippen LogP) is 2.29. The highest BCUT2D eigenvalue weighted by Crippen LogP contribution is 2.23. The van der Waals surface area contributed by atoms with Crippen molar-refractivity contribution in [3.05, 3.63) is 42.0 Å². The first-order valence-corrected chi connectivity index (χ1v) is 4.00. The van der Waals surface area contributed by atoms with Gasteiger partial charge in [-0.05, 0) is 12.1 Å². The van der Waals surface area contributed by atoms with Crippen molar-refractivity contribution in [1.82, 2.24) is 0 Å². The van der Waals surface area contributed by atoms with E-state index in [1.54, 1.807) is 12.1 Å². The fourth-order valence-electron chi connectivity index (χ4n) is 1.42. The van der Waals surface area contributed by atoms with Crippen LogP contribution in [-0.2, 0) is 0 Å². The van der Waals surface area contributed by atoms with E-state index < -0.39 is 0 Å². The molecule has 0 aliphatic rings. The monoisotopic (exact) mass is 168 g/mol. The molecule has 13 heavy (non-hydrogen) atoms. The summed E-state index contributed by atoms with van der Waals surface area (Å²) in [6.07, 6.45) is 0. The SMILES string of the molecule is N#Cc1ccc(N)c2ccccc12. The highest BCUT2D eigenvalue weighted by atomic mass is 14.5. The Balaban J connectivity index is 2.95. The van der Waals surface area contributed by atoms with Gasteiger partial charge in [0, 0.05) is 16.5 Å². The van der Waals surface area contributed by atoms with Gasteiger partial charge >= 0.3 is 0 Å². The van der Waals surface area contributed by atoms with Crippen molar-refractivity contribution < 1.29 is 0 Å². The summed E-state index contributed by atoms with van der Waals surface area (Å²) in [6.45, 7) is 0. The van der Waals surface area contributed by atoms with Crippen LogP contribution in [0.5, 0.6) is 0 Å². The molecular formula is C11H8N2. The quantitative estimate of drug-likeness (QED) is 0.613. The molecule has 62 valence electrons. The van der Waals surface area contributed by atoms with Crippen LogP contribution in [0.15, 0.2) is 36.4 Å². The van der Waals surface area contributed by atoms with E-state index >= 15 is 0 Å². The lowest BCUT2D eigenvalue weighted by atomic mass is 10.0. The molecule has 0 unspecified atom stereocenters. The molecule has 0 radical (unpaired) electrons. The lowest BCUT2D eigenvalue weighted by Gasteiger charge is -2.02. The average molecular weight is 168 g/mol. The Labute approximate surface area is 76.2 Å². The molecular weight excluding hydrogens is 160 g/mol. The predicted molar refractivity (Wildman–Crippen MR) is 53.1 cm³/mol. The van der Waals surface area contributed by atoms with Gasteiger partial charge in [-0.25, -0.2) is 0 Å². The molecule has 2 rings (SSSR count). The molecule has 2 aromatic carbocycles. The van der Waals surface area contributed by atoms with E-state index in [4.69, 9.17) is 11.0 Å². The fourth-order valence-corrected chi connectivity index (χ4v) is 1.42. The third-order valence-corrected chi connectivity index (χ3v) is 2.08. The number of nitriles is 1. The molecule has 2 N–H and O–H groups in total. The van der Waals surface area contributed by atoms with Crippen molar-refractivity contribution in [3.63, 3.8) is 0 Å². The fraction of sp³-hybridized carbons (Fsp3) is 0. The minimum absolute atomic E-state index is 0.671. The molecule has 0 atom stereocenters. The van der Waals surface area contributed by atoms with Gasteiger partial charge < -0.3 is 5.73 Å². The van der Waals surface area contributed by atoms with E-state index in [0.717, 1.165) is 16.5 Å². The topological polar surface area (TPSA) is 49.8 Å². The van der Waals surface area contributed by atoms with Gasteiger partial charge in [-0.15, -0.1) is 0 Å². The summed E-state index contributed by atoms with van der Waals surface area (Å²) < 4.78 is 0. The van der Waals surface area contributed by atoms with Crippen molar-refractivity contribution in [2.24, 2.45) is 0 Å². The number of benzene rings is 2. The molecule has 0 aliphatic heterocycles. The van der Waals surface area contributed by atoms with E-state index in [-0.39, 0.29) is 0 Å². The Hall–Kier alpha value is -2.01. The van der Waals surface area contributed by atoms with Crippen molar-refractivity contribution in [2.45, 2.75) is 0 Å². The van der Waals surface area contributed by atoms with Crippen LogP contribution in [-0.4, -0.2) is 0 Å². The number of nitrogens with two attached hydrogens (primary N) is 1. The molecule has 0 amide bonds. The van der Waals surface area contributed by atoms with E-state index in [1.165, 1.54) is 0 Å². The highest BCUT2D eigenvalue weighted by Gasteiger charge is 2.01. The van der Waals surface area contributed by atoms with Gasteiger partial charge in [0.1, 0.15) is 0 Å². The Morgan fingerprint density at radius 1 is 1.00 bits per heavy atom. The van der Waals surface area contributed by atoms with Gasteiger partial charge in [-0.1, -0.05) is 24.3 Å². The standard InChI is InChI=1S/C11H8N2/c12-7-8-5-6-11(13)10-4-2-1-3-9(8)10/h1-6H,13H2. The van der Waals surface area contributed by atoms with Crippen molar-refractivity contribution in [2.75, 3.05) is 5.73 Å². The maximum absolute atomic E-state index is 8.84. The third kappa shape index (κ3) is 1.11. The number of rotatable bonds is 0. The first-order valence-electron chi connectivity index (χ1n) is 4.00. The van der Waals surface area contributed by atoms with Gasteiger partial charge in [-0.2, -0.15) is 5.26 Å². The maximum Gasteiger partial charge on any atom is 0.0998 e. The molecule has 0 heterocycles. The summed E-state index contributed by atoms with van der Waals surface area (Å²) in [5.74, 6) is 0. The number of hydrogen-bond acceptors (Lipinski definition) is 2. The number of anilines is 1. The summed E-state index contributed by atoms with van der Waals surface area (Å²) in [6, 6.07) is 13.3. The third-order valence-electron chi connectivity index (χ3n) is 2.08. The molecule has 0 saturated heterocycles. The highest BCUT2D eigenvalue weighted by molar-refractivity contribution is 5.96. The smallest absolute Gasteiger partial charge is 0.0998 e. The number of fused-ring (bicyclic) bond motifs is 1. The number of nitrogen functional groups attached to an aromatic ring is 1. The molecule has 0 spiro atoms. The number of hydrogen-bond donors (Lipinski definition) is 1. The Kier molecular flexibility index (Phi) is 1.64. The van der Waals surface area contributed by atoms with Gasteiger partial charge in [0.25, 0.3) is 0 Å². The van der Waals surface area contributed by atoms with Gasteiger partial charge in [-0.3, -0.25) is 0 Å². The minimum Gasteiger partial charge on any atom is -0.398 e. The lowest BCUT2D eigenvalue weighted by Crippen LogP contribution is -1.88. The van der Waals surface area contributed by atoms with Crippen molar-refractivity contribution in [3.8, 4) is 6.07 Å². The molecule has 0 fully saturated rings. The van der Waals surface area contributed by atoms with Crippen LogP contribution in [0.4, 0.5) is 5.69 Å². The van der Waals surface area contributed by atoms with E-state index in [9.17, 15) is 0 Å². The summed E-state index contributed by atoms with van der Waals surface area (Å²) in [7, 11) is 0. The maximum atomic E-state index is 8.84.